The number of fused-ring (bicyclic) bond motifs is 8. The average molecular weight is 791 g/mol. The zero-order valence-corrected chi connectivity index (χ0v) is 38.6. The minimum atomic E-state index is -0.120. The van der Waals surface area contributed by atoms with E-state index in [-0.39, 0.29) is 22.3 Å². The topological polar surface area (TPSA) is 57.2 Å². The molecule has 5 heteroatoms. The van der Waals surface area contributed by atoms with Gasteiger partial charge in [0.1, 0.15) is 28.7 Å². The van der Waals surface area contributed by atoms with Crippen LogP contribution in [0.15, 0.2) is 48.5 Å². The molecule has 0 radical (unpaired) electrons. The number of phenolic OH excluding ortho intramolecular Hbond substituents is 1. The van der Waals surface area contributed by atoms with Gasteiger partial charge in [-0.05, 0) is 111 Å². The van der Waals surface area contributed by atoms with E-state index >= 15 is 0 Å². The van der Waals surface area contributed by atoms with Crippen molar-refractivity contribution in [3.8, 4) is 28.7 Å². The van der Waals surface area contributed by atoms with Crippen molar-refractivity contribution < 1.29 is 24.1 Å². The number of hydrogen-bond acceptors (Lipinski definition) is 5. The van der Waals surface area contributed by atoms with Crippen LogP contribution in [0, 0.1) is 0 Å². The van der Waals surface area contributed by atoms with Crippen LogP contribution < -0.4 is 18.9 Å². The third-order valence-corrected chi connectivity index (χ3v) is 11.4. The van der Waals surface area contributed by atoms with E-state index in [1.54, 1.807) is 0 Å². The molecule has 0 amide bonds. The standard InChI is InChI=1S/C53H74O5/c1-15-19-55-48-37-22-35-32-46(58-34(5)18-4)33-36(47(35)54)23-38-27-44(52(9,10)11)29-40(49(38)56-20-16-2)25-42-31-45(53(12,13)14)30-41(50(42)57-21-17-3)24-39(48)28-43(26-37)51(6,7)8/h26-34,54H,15-25H2,1-14H3/t34-/m1/s1. The van der Waals surface area contributed by atoms with Gasteiger partial charge in [0, 0.05) is 36.8 Å². The Bertz CT molecular complexity index is 1910. The molecular formula is C53H74O5. The monoisotopic (exact) mass is 791 g/mol. The maximum Gasteiger partial charge on any atom is 0.126 e. The first-order valence-corrected chi connectivity index (χ1v) is 22.2. The van der Waals surface area contributed by atoms with Gasteiger partial charge in [0.15, 0.2) is 0 Å². The normalized spacial score (nSPS) is 13.9. The van der Waals surface area contributed by atoms with Crippen LogP contribution in [0.5, 0.6) is 28.7 Å². The Hall–Kier alpha value is -4.12. The Morgan fingerprint density at radius 1 is 0.466 bits per heavy atom. The molecule has 0 aromatic heterocycles. The van der Waals surface area contributed by atoms with E-state index in [9.17, 15) is 5.11 Å². The van der Waals surface area contributed by atoms with Gasteiger partial charge in [-0.15, -0.1) is 0 Å². The first-order valence-electron chi connectivity index (χ1n) is 22.2. The van der Waals surface area contributed by atoms with Crippen LogP contribution in [-0.2, 0) is 41.9 Å². The SMILES string of the molecule is CCCOc1c2cc(C(C)(C)C)cc1Cc1cc(C(C)(C)C)cc(c1OCCC)Cc1cc(C(C)(C)C)cc(c1OCCC)Cc1cc(O[C@H](C)CC)cc(c1O)C2. The Kier molecular flexibility index (Phi) is 14.3. The molecule has 0 saturated heterocycles. The van der Waals surface area contributed by atoms with E-state index < -0.39 is 0 Å². The van der Waals surface area contributed by atoms with Crippen molar-refractivity contribution in [1.82, 2.24) is 0 Å². The molecule has 1 N–H and O–H groups in total. The summed E-state index contributed by atoms with van der Waals surface area (Å²) in [6.45, 7) is 33.1. The highest BCUT2D eigenvalue weighted by Crippen LogP contribution is 2.44. The van der Waals surface area contributed by atoms with Gasteiger partial charge in [-0.25, -0.2) is 0 Å². The largest absolute Gasteiger partial charge is 0.507 e. The smallest absolute Gasteiger partial charge is 0.126 e. The van der Waals surface area contributed by atoms with Gasteiger partial charge in [-0.2, -0.15) is 0 Å². The second kappa shape index (κ2) is 18.4. The predicted molar refractivity (Wildman–Crippen MR) is 242 cm³/mol. The average Bonchev–Trinajstić information content (AvgIpc) is 3.13. The van der Waals surface area contributed by atoms with Crippen molar-refractivity contribution in [1.29, 1.82) is 0 Å². The second-order valence-corrected chi connectivity index (χ2v) is 19.8. The van der Waals surface area contributed by atoms with Crippen molar-refractivity contribution in [3.63, 3.8) is 0 Å². The highest BCUT2D eigenvalue weighted by molar-refractivity contribution is 5.60. The van der Waals surface area contributed by atoms with Crippen LogP contribution in [0.1, 0.15) is 184 Å². The molecule has 1 atom stereocenters. The maximum absolute atomic E-state index is 12.4. The first kappa shape index (κ1) is 45.0. The van der Waals surface area contributed by atoms with E-state index in [0.717, 1.165) is 82.1 Å². The number of phenols is 1. The van der Waals surface area contributed by atoms with Gasteiger partial charge in [-0.3, -0.25) is 0 Å². The molecule has 4 aromatic rings. The van der Waals surface area contributed by atoms with Crippen molar-refractivity contribution in [2.45, 2.75) is 171 Å². The summed E-state index contributed by atoms with van der Waals surface area (Å²) in [7, 11) is 0. The van der Waals surface area contributed by atoms with E-state index in [1.165, 1.54) is 27.8 Å². The highest BCUT2D eigenvalue weighted by Gasteiger charge is 2.28. The number of benzene rings is 4. The zero-order valence-electron chi connectivity index (χ0n) is 38.6. The molecule has 58 heavy (non-hydrogen) atoms. The molecule has 8 bridgehead atoms. The van der Waals surface area contributed by atoms with Crippen LogP contribution in [-0.4, -0.2) is 31.0 Å². The fourth-order valence-electron chi connectivity index (χ4n) is 7.72. The van der Waals surface area contributed by atoms with Gasteiger partial charge in [-0.1, -0.05) is 126 Å². The molecule has 0 aliphatic heterocycles. The van der Waals surface area contributed by atoms with Gasteiger partial charge in [0.25, 0.3) is 0 Å². The lowest BCUT2D eigenvalue weighted by atomic mass is 9.80. The van der Waals surface area contributed by atoms with Crippen molar-refractivity contribution in [2.24, 2.45) is 0 Å². The van der Waals surface area contributed by atoms with Crippen LogP contribution in [0.2, 0.25) is 0 Å². The molecule has 0 unspecified atom stereocenters. The molecule has 0 heterocycles. The fraction of sp³-hybridized carbons (Fsp3) is 0.547. The summed E-state index contributed by atoms with van der Waals surface area (Å²) in [5.74, 6) is 3.83. The fourth-order valence-corrected chi connectivity index (χ4v) is 7.72. The van der Waals surface area contributed by atoms with Crippen LogP contribution in [0.3, 0.4) is 0 Å². The van der Waals surface area contributed by atoms with Gasteiger partial charge in [0.05, 0.1) is 25.9 Å². The Balaban J connectivity index is 1.96. The third kappa shape index (κ3) is 10.7. The van der Waals surface area contributed by atoms with E-state index in [4.69, 9.17) is 18.9 Å². The molecular weight excluding hydrogens is 717 g/mol. The minimum absolute atomic E-state index is 0.0257. The van der Waals surface area contributed by atoms with Crippen LogP contribution in [0.4, 0.5) is 0 Å². The van der Waals surface area contributed by atoms with Crippen LogP contribution in [0.25, 0.3) is 0 Å². The lowest BCUT2D eigenvalue weighted by Gasteiger charge is -2.28. The molecule has 1 aliphatic rings. The van der Waals surface area contributed by atoms with Gasteiger partial charge >= 0.3 is 0 Å². The lowest BCUT2D eigenvalue weighted by Crippen LogP contribution is -2.17. The summed E-state index contributed by atoms with van der Waals surface area (Å²) in [6, 6.07) is 18.2. The summed E-state index contributed by atoms with van der Waals surface area (Å²) in [4.78, 5) is 0. The lowest BCUT2D eigenvalue weighted by molar-refractivity contribution is 0.217. The van der Waals surface area contributed by atoms with E-state index in [0.29, 0.717) is 51.3 Å². The third-order valence-electron chi connectivity index (χ3n) is 11.4. The molecule has 316 valence electrons. The number of hydrogen-bond donors (Lipinski definition) is 1. The van der Waals surface area contributed by atoms with Crippen molar-refractivity contribution in [3.05, 3.63) is 110 Å². The van der Waals surface area contributed by atoms with Crippen molar-refractivity contribution in [2.75, 3.05) is 19.8 Å². The summed E-state index contributed by atoms with van der Waals surface area (Å²) >= 11 is 0. The number of rotatable bonds is 12. The summed E-state index contributed by atoms with van der Waals surface area (Å²) in [6.07, 6.45) is 5.86. The first-order chi connectivity index (χ1) is 27.3. The highest BCUT2D eigenvalue weighted by atomic mass is 16.5. The van der Waals surface area contributed by atoms with E-state index in [1.807, 2.05) is 12.1 Å². The molecule has 4 aromatic carbocycles. The Morgan fingerprint density at radius 2 is 0.741 bits per heavy atom. The van der Waals surface area contributed by atoms with Gasteiger partial charge in [0.2, 0.25) is 0 Å². The summed E-state index contributed by atoms with van der Waals surface area (Å²) in [5, 5.41) is 12.4. The molecule has 5 nitrogen and oxygen atoms in total. The van der Waals surface area contributed by atoms with Crippen LogP contribution >= 0.6 is 0 Å². The summed E-state index contributed by atoms with van der Waals surface area (Å²) in [5.41, 5.74) is 11.8. The molecule has 0 saturated carbocycles. The predicted octanol–water partition coefficient (Wildman–Crippen LogP) is 13.5. The Morgan fingerprint density at radius 3 is 0.983 bits per heavy atom. The number of ether oxygens (including phenoxy) is 4. The number of aromatic hydroxyl groups is 1. The zero-order chi connectivity index (χ0) is 42.6. The molecule has 1 aliphatic carbocycles. The van der Waals surface area contributed by atoms with E-state index in [2.05, 4.69) is 133 Å². The second-order valence-electron chi connectivity index (χ2n) is 19.8. The minimum Gasteiger partial charge on any atom is -0.507 e. The molecule has 0 spiro atoms. The van der Waals surface area contributed by atoms with Crippen molar-refractivity contribution >= 4 is 0 Å². The quantitative estimate of drug-likeness (QED) is 0.136. The Labute approximate surface area is 351 Å². The van der Waals surface area contributed by atoms with Gasteiger partial charge < -0.3 is 24.1 Å². The molecule has 0 fully saturated rings. The molecule has 5 rings (SSSR count). The maximum atomic E-state index is 12.4. The summed E-state index contributed by atoms with van der Waals surface area (Å²) < 4.78 is 27.1.